The molecular weight excluding hydrogens is 224 g/mol. The molecular formula is C14H26N4. The Hall–Kier alpha value is -0.610. The van der Waals surface area contributed by atoms with E-state index in [2.05, 4.69) is 29.4 Å². The predicted octanol–water partition coefficient (Wildman–Crippen LogP) is 1.53. The molecule has 2 aliphatic heterocycles. The Balaban J connectivity index is 1.70. The molecule has 2 N–H and O–H groups in total. The van der Waals surface area contributed by atoms with Gasteiger partial charge in [0.1, 0.15) is 6.17 Å². The molecule has 4 nitrogen and oxygen atoms in total. The Kier molecular flexibility index (Phi) is 3.57. The first-order valence-corrected chi connectivity index (χ1v) is 7.51. The van der Waals surface area contributed by atoms with Gasteiger partial charge in [-0.1, -0.05) is 19.8 Å². The van der Waals surface area contributed by atoms with Gasteiger partial charge in [0.15, 0.2) is 0 Å². The summed E-state index contributed by atoms with van der Waals surface area (Å²) >= 11 is 0. The lowest BCUT2D eigenvalue weighted by molar-refractivity contribution is 0.0707. The molecule has 4 atom stereocenters. The number of hydrogen-bond acceptors (Lipinski definition) is 4. The minimum absolute atomic E-state index is 0.379. The van der Waals surface area contributed by atoms with Crippen molar-refractivity contribution in [1.29, 1.82) is 0 Å². The van der Waals surface area contributed by atoms with Crippen LogP contribution in [0.5, 0.6) is 0 Å². The highest BCUT2D eigenvalue weighted by molar-refractivity contribution is 5.81. The lowest BCUT2D eigenvalue weighted by atomic mass is 10.0. The fourth-order valence-electron chi connectivity index (χ4n) is 3.72. The van der Waals surface area contributed by atoms with Gasteiger partial charge in [-0.2, -0.15) is 0 Å². The first kappa shape index (κ1) is 12.4. The first-order valence-electron chi connectivity index (χ1n) is 7.51. The van der Waals surface area contributed by atoms with Crippen LogP contribution in [0.3, 0.4) is 0 Å². The summed E-state index contributed by atoms with van der Waals surface area (Å²) in [5, 5.41) is 7.04. The van der Waals surface area contributed by atoms with Crippen LogP contribution < -0.4 is 10.6 Å². The van der Waals surface area contributed by atoms with E-state index in [0.717, 1.165) is 31.0 Å². The number of amidine groups is 1. The topological polar surface area (TPSA) is 39.7 Å². The molecule has 3 rings (SSSR count). The third-order valence-electron chi connectivity index (χ3n) is 4.77. The van der Waals surface area contributed by atoms with Crippen molar-refractivity contribution in [2.75, 3.05) is 13.2 Å². The monoisotopic (exact) mass is 250 g/mol. The minimum Gasteiger partial charge on any atom is -0.366 e. The summed E-state index contributed by atoms with van der Waals surface area (Å²) in [4.78, 5) is 7.42. The van der Waals surface area contributed by atoms with Crippen molar-refractivity contribution in [3.8, 4) is 0 Å². The van der Waals surface area contributed by atoms with Crippen molar-refractivity contribution < 1.29 is 0 Å². The van der Waals surface area contributed by atoms with Crippen LogP contribution >= 0.6 is 0 Å². The average molecular weight is 250 g/mol. The quantitative estimate of drug-likeness (QED) is 0.693. The lowest BCUT2D eigenvalue weighted by Crippen LogP contribution is -2.60. The maximum Gasteiger partial charge on any atom is 0.127 e. The summed E-state index contributed by atoms with van der Waals surface area (Å²) in [6, 6.07) is 1.21. The van der Waals surface area contributed by atoms with Crippen LogP contribution in [0.25, 0.3) is 0 Å². The second-order valence-corrected chi connectivity index (χ2v) is 6.27. The van der Waals surface area contributed by atoms with Crippen molar-refractivity contribution in [2.45, 2.75) is 64.2 Å². The van der Waals surface area contributed by atoms with Crippen molar-refractivity contribution in [2.24, 2.45) is 10.9 Å². The first-order chi connectivity index (χ1) is 8.74. The fourth-order valence-corrected chi connectivity index (χ4v) is 3.72. The largest absolute Gasteiger partial charge is 0.366 e. The van der Waals surface area contributed by atoms with E-state index >= 15 is 0 Å². The number of hydrogen-bond donors (Lipinski definition) is 2. The smallest absolute Gasteiger partial charge is 0.127 e. The second-order valence-electron chi connectivity index (χ2n) is 6.27. The number of fused-ring (bicyclic) bond motifs is 1. The summed E-state index contributed by atoms with van der Waals surface area (Å²) < 4.78 is 0. The molecule has 0 bridgehead atoms. The summed E-state index contributed by atoms with van der Waals surface area (Å²) in [6.45, 7) is 6.55. The van der Waals surface area contributed by atoms with Gasteiger partial charge in [0, 0.05) is 12.6 Å². The molecule has 1 aliphatic carbocycles. The molecule has 2 heterocycles. The third kappa shape index (κ3) is 2.41. The van der Waals surface area contributed by atoms with Gasteiger partial charge in [-0.05, 0) is 32.1 Å². The molecule has 0 spiro atoms. The predicted molar refractivity (Wildman–Crippen MR) is 74.6 cm³/mol. The van der Waals surface area contributed by atoms with Crippen LogP contribution in [0, 0.1) is 5.92 Å². The molecule has 1 saturated heterocycles. The van der Waals surface area contributed by atoms with Gasteiger partial charge >= 0.3 is 0 Å². The number of rotatable bonds is 1. The van der Waals surface area contributed by atoms with Crippen LogP contribution in [-0.2, 0) is 0 Å². The van der Waals surface area contributed by atoms with Crippen LogP contribution in [0.2, 0.25) is 0 Å². The maximum atomic E-state index is 4.81. The highest BCUT2D eigenvalue weighted by Gasteiger charge is 2.38. The Labute approximate surface area is 110 Å². The van der Waals surface area contributed by atoms with E-state index in [-0.39, 0.29) is 0 Å². The van der Waals surface area contributed by atoms with E-state index in [9.17, 15) is 0 Å². The standard InChI is InChI=1S/C14H26N4/c1-10-4-3-5-12(7-6-10)18-9-15-8-13-14(18)17-11(2)16-13/h10,12-15H,3-9H2,1-2H3,(H,16,17)/t10?,12-,13?,14?/m0/s1. The van der Waals surface area contributed by atoms with Crippen LogP contribution in [-0.4, -0.2) is 42.2 Å². The molecule has 1 saturated carbocycles. The van der Waals surface area contributed by atoms with E-state index in [4.69, 9.17) is 4.99 Å². The Morgan fingerprint density at radius 1 is 1.22 bits per heavy atom. The van der Waals surface area contributed by atoms with Gasteiger partial charge in [-0.3, -0.25) is 9.89 Å². The number of nitrogens with one attached hydrogen (secondary N) is 2. The van der Waals surface area contributed by atoms with E-state index in [1.165, 1.54) is 32.1 Å². The van der Waals surface area contributed by atoms with Gasteiger partial charge < -0.3 is 10.6 Å². The zero-order valence-corrected chi connectivity index (χ0v) is 11.7. The summed E-state index contributed by atoms with van der Waals surface area (Å²) in [6.07, 6.45) is 7.26. The van der Waals surface area contributed by atoms with Crippen LogP contribution in [0.15, 0.2) is 4.99 Å². The van der Waals surface area contributed by atoms with E-state index in [1.807, 2.05) is 0 Å². The van der Waals surface area contributed by atoms with E-state index in [1.54, 1.807) is 0 Å². The zero-order valence-electron chi connectivity index (χ0n) is 11.7. The normalized spacial score (nSPS) is 41.8. The van der Waals surface area contributed by atoms with Crippen molar-refractivity contribution in [3.05, 3.63) is 0 Å². The summed E-state index contributed by atoms with van der Waals surface area (Å²) in [5.74, 6) is 2.02. The highest BCUT2D eigenvalue weighted by Crippen LogP contribution is 2.29. The summed E-state index contributed by atoms with van der Waals surface area (Å²) in [7, 11) is 0. The number of aliphatic imine (C=N–C) groups is 1. The highest BCUT2D eigenvalue weighted by atomic mass is 15.4. The molecule has 0 aromatic carbocycles. The van der Waals surface area contributed by atoms with Crippen molar-refractivity contribution in [3.63, 3.8) is 0 Å². The molecule has 0 aromatic heterocycles. The Morgan fingerprint density at radius 2 is 2.11 bits per heavy atom. The maximum absolute atomic E-state index is 4.81. The van der Waals surface area contributed by atoms with Gasteiger partial charge in [-0.15, -0.1) is 0 Å². The second kappa shape index (κ2) is 5.17. The molecule has 18 heavy (non-hydrogen) atoms. The molecule has 3 unspecified atom stereocenters. The summed E-state index contributed by atoms with van der Waals surface area (Å²) in [5.41, 5.74) is 0. The van der Waals surface area contributed by atoms with E-state index < -0.39 is 0 Å². The van der Waals surface area contributed by atoms with E-state index in [0.29, 0.717) is 12.2 Å². The zero-order chi connectivity index (χ0) is 12.5. The average Bonchev–Trinajstić information content (AvgIpc) is 2.60. The third-order valence-corrected chi connectivity index (χ3v) is 4.77. The van der Waals surface area contributed by atoms with Gasteiger partial charge in [0.05, 0.1) is 18.5 Å². The fraction of sp³-hybridized carbons (Fsp3) is 0.929. The minimum atomic E-state index is 0.379. The molecule has 3 aliphatic rings. The molecule has 0 amide bonds. The van der Waals surface area contributed by atoms with Gasteiger partial charge in [0.2, 0.25) is 0 Å². The van der Waals surface area contributed by atoms with Crippen LogP contribution in [0.4, 0.5) is 0 Å². The number of nitrogens with zero attached hydrogens (tertiary/aromatic N) is 2. The van der Waals surface area contributed by atoms with Crippen molar-refractivity contribution in [1.82, 2.24) is 15.5 Å². The molecule has 0 aromatic rings. The van der Waals surface area contributed by atoms with Gasteiger partial charge in [-0.25, -0.2) is 0 Å². The Bertz CT molecular complexity index is 328. The molecule has 2 fully saturated rings. The van der Waals surface area contributed by atoms with Gasteiger partial charge in [0.25, 0.3) is 0 Å². The Morgan fingerprint density at radius 3 is 3.00 bits per heavy atom. The molecule has 102 valence electrons. The lowest BCUT2D eigenvalue weighted by Gasteiger charge is -2.41. The molecule has 4 heteroatoms. The van der Waals surface area contributed by atoms with Crippen molar-refractivity contribution >= 4 is 5.84 Å². The molecule has 0 radical (unpaired) electrons. The van der Waals surface area contributed by atoms with Crippen LogP contribution in [0.1, 0.15) is 46.0 Å². The SMILES string of the molecule is CC1=NC2C(CNCN2[C@H]2CCCC(C)CC2)N1.